The minimum atomic E-state index is -2.82. The van der Waals surface area contributed by atoms with Crippen molar-refractivity contribution in [2.24, 2.45) is 5.92 Å². The lowest BCUT2D eigenvalue weighted by molar-refractivity contribution is -0.0498. The Bertz CT molecular complexity index is 564. The van der Waals surface area contributed by atoms with E-state index in [1.165, 1.54) is 12.1 Å². The molecule has 20 heavy (non-hydrogen) atoms. The molecule has 6 heteroatoms. The van der Waals surface area contributed by atoms with Crippen molar-refractivity contribution in [3.8, 4) is 17.0 Å². The molecule has 0 unspecified atom stereocenters. The van der Waals surface area contributed by atoms with Crippen molar-refractivity contribution in [1.82, 2.24) is 10.2 Å². The van der Waals surface area contributed by atoms with Gasteiger partial charge in [-0.3, -0.25) is 5.10 Å². The molecular weight excluding hydrogens is 264 g/mol. The highest BCUT2D eigenvalue weighted by Gasteiger charge is 2.14. The van der Waals surface area contributed by atoms with Gasteiger partial charge in [0.05, 0.1) is 5.69 Å². The van der Waals surface area contributed by atoms with E-state index >= 15 is 0 Å². The Kier molecular flexibility index (Phi) is 4.22. The van der Waals surface area contributed by atoms with E-state index in [0.717, 1.165) is 23.2 Å². The molecule has 0 fully saturated rings. The zero-order chi connectivity index (χ0) is 14.7. The molecule has 2 aromatic rings. The maximum absolute atomic E-state index is 12.1. The highest BCUT2D eigenvalue weighted by Crippen LogP contribution is 2.29. The van der Waals surface area contributed by atoms with Crippen LogP contribution in [0.5, 0.6) is 5.75 Å². The molecule has 2 rings (SSSR count). The van der Waals surface area contributed by atoms with Crippen LogP contribution in [-0.2, 0) is 6.42 Å². The van der Waals surface area contributed by atoms with Crippen LogP contribution in [0.25, 0.3) is 11.3 Å². The quantitative estimate of drug-likeness (QED) is 0.882. The lowest BCUT2D eigenvalue weighted by Gasteiger charge is -2.08. The number of ether oxygens (including phenoxy) is 1. The molecule has 3 N–H and O–H groups in total. The number of nitrogen functional groups attached to an aromatic ring is 1. The van der Waals surface area contributed by atoms with Crippen molar-refractivity contribution in [1.29, 1.82) is 0 Å². The van der Waals surface area contributed by atoms with Crippen LogP contribution in [0.15, 0.2) is 24.3 Å². The van der Waals surface area contributed by atoms with Crippen LogP contribution < -0.4 is 10.5 Å². The van der Waals surface area contributed by atoms with E-state index < -0.39 is 6.61 Å². The van der Waals surface area contributed by atoms with Gasteiger partial charge in [-0.1, -0.05) is 13.8 Å². The van der Waals surface area contributed by atoms with Crippen molar-refractivity contribution in [3.05, 3.63) is 29.8 Å². The fraction of sp³-hybridized carbons (Fsp3) is 0.357. The zero-order valence-corrected chi connectivity index (χ0v) is 11.4. The Labute approximate surface area is 115 Å². The minimum absolute atomic E-state index is 0.127. The van der Waals surface area contributed by atoms with Gasteiger partial charge in [0.15, 0.2) is 0 Å². The summed E-state index contributed by atoms with van der Waals surface area (Å²) < 4.78 is 28.5. The highest BCUT2D eigenvalue weighted by molar-refractivity contribution is 5.68. The second-order valence-corrected chi connectivity index (χ2v) is 4.96. The van der Waals surface area contributed by atoms with Crippen molar-refractivity contribution in [2.75, 3.05) is 5.73 Å². The lowest BCUT2D eigenvalue weighted by atomic mass is 9.99. The molecule has 108 valence electrons. The third-order valence-corrected chi connectivity index (χ3v) is 2.88. The summed E-state index contributed by atoms with van der Waals surface area (Å²) in [6.07, 6.45) is 0.799. The molecule has 1 aromatic heterocycles. The summed E-state index contributed by atoms with van der Waals surface area (Å²) in [7, 11) is 0. The van der Waals surface area contributed by atoms with Gasteiger partial charge in [0, 0.05) is 11.1 Å². The Morgan fingerprint density at radius 2 is 1.90 bits per heavy atom. The van der Waals surface area contributed by atoms with E-state index in [-0.39, 0.29) is 5.75 Å². The first kappa shape index (κ1) is 14.3. The van der Waals surface area contributed by atoms with E-state index in [1.54, 1.807) is 12.1 Å². The van der Waals surface area contributed by atoms with Crippen LogP contribution in [0.4, 0.5) is 14.6 Å². The van der Waals surface area contributed by atoms with Crippen LogP contribution in [0.1, 0.15) is 19.4 Å². The van der Waals surface area contributed by atoms with Crippen LogP contribution >= 0.6 is 0 Å². The molecule has 0 spiro atoms. The van der Waals surface area contributed by atoms with E-state index in [2.05, 4.69) is 28.8 Å². The molecule has 0 amide bonds. The number of hydrogen-bond donors (Lipinski definition) is 2. The third-order valence-electron chi connectivity index (χ3n) is 2.88. The predicted octanol–water partition coefficient (Wildman–Crippen LogP) is 3.46. The van der Waals surface area contributed by atoms with Crippen LogP contribution in [0.2, 0.25) is 0 Å². The topological polar surface area (TPSA) is 63.9 Å². The van der Waals surface area contributed by atoms with Gasteiger partial charge in [0.1, 0.15) is 11.6 Å². The SMILES string of the molecule is CC(C)Cc1c(N)n[nH]c1-c1ccc(OC(F)F)cc1. The van der Waals surface area contributed by atoms with Gasteiger partial charge in [-0.25, -0.2) is 0 Å². The van der Waals surface area contributed by atoms with Gasteiger partial charge in [-0.15, -0.1) is 0 Å². The van der Waals surface area contributed by atoms with Crippen LogP contribution in [0.3, 0.4) is 0 Å². The van der Waals surface area contributed by atoms with Gasteiger partial charge >= 0.3 is 6.61 Å². The van der Waals surface area contributed by atoms with Crippen LogP contribution in [0, 0.1) is 5.92 Å². The summed E-state index contributed by atoms with van der Waals surface area (Å²) in [4.78, 5) is 0. The molecule has 0 bridgehead atoms. The number of H-pyrrole nitrogens is 1. The highest BCUT2D eigenvalue weighted by atomic mass is 19.3. The Morgan fingerprint density at radius 3 is 2.45 bits per heavy atom. The number of rotatable bonds is 5. The van der Waals surface area contributed by atoms with Gasteiger partial charge in [0.2, 0.25) is 0 Å². The summed E-state index contributed by atoms with van der Waals surface area (Å²) >= 11 is 0. The molecule has 4 nitrogen and oxygen atoms in total. The second kappa shape index (κ2) is 5.90. The van der Waals surface area contributed by atoms with Crippen molar-refractivity contribution in [2.45, 2.75) is 26.9 Å². The molecule has 0 aliphatic rings. The van der Waals surface area contributed by atoms with Crippen molar-refractivity contribution in [3.63, 3.8) is 0 Å². The summed E-state index contributed by atoms with van der Waals surface area (Å²) in [6, 6.07) is 6.40. The van der Waals surface area contributed by atoms with Gasteiger partial charge in [0.25, 0.3) is 0 Å². The number of nitrogens with two attached hydrogens (primary N) is 1. The number of alkyl halides is 2. The first-order valence-electron chi connectivity index (χ1n) is 6.35. The number of aromatic nitrogens is 2. The van der Waals surface area contributed by atoms with Gasteiger partial charge < -0.3 is 10.5 Å². The molecule has 1 aromatic carbocycles. The second-order valence-electron chi connectivity index (χ2n) is 4.96. The van der Waals surface area contributed by atoms with E-state index in [1.807, 2.05) is 0 Å². The fourth-order valence-electron chi connectivity index (χ4n) is 2.04. The fourth-order valence-corrected chi connectivity index (χ4v) is 2.04. The molecule has 0 saturated heterocycles. The number of benzene rings is 1. The zero-order valence-electron chi connectivity index (χ0n) is 11.4. The van der Waals surface area contributed by atoms with Crippen LogP contribution in [-0.4, -0.2) is 16.8 Å². The number of hydrogen-bond acceptors (Lipinski definition) is 3. The van der Waals surface area contributed by atoms with E-state index in [9.17, 15) is 8.78 Å². The Balaban J connectivity index is 2.27. The lowest BCUT2D eigenvalue weighted by Crippen LogP contribution is -2.01. The maximum atomic E-state index is 12.1. The van der Waals surface area contributed by atoms with Gasteiger partial charge in [-0.2, -0.15) is 13.9 Å². The Hall–Kier alpha value is -2.11. The summed E-state index contributed by atoms with van der Waals surface area (Å²) in [6.45, 7) is 1.37. The molecule has 0 aliphatic carbocycles. The molecule has 0 saturated carbocycles. The molecule has 0 radical (unpaired) electrons. The largest absolute Gasteiger partial charge is 0.435 e. The first-order chi connectivity index (χ1) is 9.47. The maximum Gasteiger partial charge on any atom is 0.387 e. The summed E-state index contributed by atoms with van der Waals surface area (Å²) in [5, 5.41) is 6.91. The van der Waals surface area contributed by atoms with E-state index in [4.69, 9.17) is 5.73 Å². The molecular formula is C14H17F2N3O. The standard InChI is InChI=1S/C14H17F2N3O/c1-8(2)7-11-12(18-19-13(11)17)9-3-5-10(6-4-9)20-14(15)16/h3-6,8,14H,7H2,1-2H3,(H3,17,18,19). The summed E-state index contributed by atoms with van der Waals surface area (Å²) in [5.74, 6) is 1.04. The molecule has 0 atom stereocenters. The average molecular weight is 281 g/mol. The first-order valence-corrected chi connectivity index (χ1v) is 6.35. The number of nitrogens with one attached hydrogen (secondary N) is 1. The van der Waals surface area contributed by atoms with E-state index in [0.29, 0.717) is 11.7 Å². The number of anilines is 1. The molecule has 0 aliphatic heterocycles. The van der Waals surface area contributed by atoms with Gasteiger partial charge in [-0.05, 0) is 36.6 Å². The number of halogens is 2. The summed E-state index contributed by atoms with van der Waals surface area (Å²) in [5.41, 5.74) is 8.46. The minimum Gasteiger partial charge on any atom is -0.435 e. The number of nitrogens with zero attached hydrogens (tertiary/aromatic N) is 1. The third kappa shape index (κ3) is 3.26. The smallest absolute Gasteiger partial charge is 0.387 e. The average Bonchev–Trinajstić information content (AvgIpc) is 2.71. The number of aromatic amines is 1. The Morgan fingerprint density at radius 1 is 1.25 bits per heavy atom. The normalized spacial score (nSPS) is 11.3. The molecule has 1 heterocycles. The van der Waals surface area contributed by atoms with Crippen molar-refractivity contribution >= 4 is 5.82 Å². The monoisotopic (exact) mass is 281 g/mol. The van der Waals surface area contributed by atoms with Crippen molar-refractivity contribution < 1.29 is 13.5 Å². The predicted molar refractivity (Wildman–Crippen MR) is 73.6 cm³/mol.